The highest BCUT2D eigenvalue weighted by atomic mass is 35.5. The quantitative estimate of drug-likeness (QED) is 0.678. The van der Waals surface area contributed by atoms with Crippen LogP contribution in [0.25, 0.3) is 0 Å². The molecule has 1 atom stereocenters. The van der Waals surface area contributed by atoms with Gasteiger partial charge >= 0.3 is 0 Å². The number of nitrogens with one attached hydrogen (secondary N) is 3. The number of thioether (sulfide) groups is 1. The van der Waals surface area contributed by atoms with E-state index in [4.69, 9.17) is 4.52 Å². The predicted molar refractivity (Wildman–Crippen MR) is 88.5 cm³/mol. The number of hydrogen-bond acceptors (Lipinski definition) is 6. The lowest BCUT2D eigenvalue weighted by atomic mass is 10.2. The van der Waals surface area contributed by atoms with E-state index in [1.54, 1.807) is 13.0 Å². The topological polar surface area (TPSA) is 96.3 Å². The highest BCUT2D eigenvalue weighted by Crippen LogP contribution is 2.08. The Bertz CT molecular complexity index is 491. The Balaban J connectivity index is 0.00000242. The molecule has 1 fully saturated rings. The van der Waals surface area contributed by atoms with Crippen LogP contribution in [0.5, 0.6) is 0 Å². The van der Waals surface area contributed by atoms with Gasteiger partial charge in [-0.15, -0.1) is 24.2 Å². The van der Waals surface area contributed by atoms with Crippen molar-refractivity contribution in [1.29, 1.82) is 0 Å². The van der Waals surface area contributed by atoms with Crippen molar-refractivity contribution in [2.24, 2.45) is 0 Å². The lowest BCUT2D eigenvalue weighted by molar-refractivity contribution is -0.118. The van der Waals surface area contributed by atoms with Crippen LogP contribution >= 0.6 is 24.2 Å². The van der Waals surface area contributed by atoms with E-state index in [9.17, 15) is 9.59 Å². The molecule has 1 saturated heterocycles. The first-order valence-electron chi connectivity index (χ1n) is 6.94. The fraction of sp³-hybridized carbons (Fsp3) is 0.615. The summed E-state index contributed by atoms with van der Waals surface area (Å²) in [7, 11) is 0. The van der Waals surface area contributed by atoms with Gasteiger partial charge in [0.1, 0.15) is 5.76 Å². The first kappa shape index (κ1) is 18.8. The van der Waals surface area contributed by atoms with Gasteiger partial charge in [0.2, 0.25) is 11.8 Å². The molecule has 0 saturated carbocycles. The minimum absolute atomic E-state index is 0. The van der Waals surface area contributed by atoms with Crippen molar-refractivity contribution in [3.63, 3.8) is 0 Å². The van der Waals surface area contributed by atoms with Gasteiger partial charge in [0.05, 0.1) is 11.5 Å². The number of carbonyl (C=O) groups is 2. The van der Waals surface area contributed by atoms with E-state index in [1.165, 1.54) is 11.8 Å². The monoisotopic (exact) mass is 348 g/mol. The van der Waals surface area contributed by atoms with Crippen LogP contribution in [0.4, 0.5) is 5.82 Å². The molecular formula is C13H21ClN4O3S. The molecule has 3 N–H and O–H groups in total. The summed E-state index contributed by atoms with van der Waals surface area (Å²) in [4.78, 5) is 23.2. The summed E-state index contributed by atoms with van der Waals surface area (Å²) < 4.78 is 4.85. The van der Waals surface area contributed by atoms with Gasteiger partial charge in [0.15, 0.2) is 5.82 Å². The second-order valence-corrected chi connectivity index (χ2v) is 5.95. The van der Waals surface area contributed by atoms with E-state index in [-0.39, 0.29) is 35.7 Å². The van der Waals surface area contributed by atoms with Crippen LogP contribution in [-0.4, -0.2) is 47.6 Å². The lowest BCUT2D eigenvalue weighted by Gasteiger charge is -2.11. The summed E-state index contributed by atoms with van der Waals surface area (Å²) >= 11 is 1.28. The fourth-order valence-corrected chi connectivity index (χ4v) is 2.71. The molecule has 1 aromatic heterocycles. The van der Waals surface area contributed by atoms with E-state index in [1.807, 2.05) is 0 Å². The summed E-state index contributed by atoms with van der Waals surface area (Å²) in [5.41, 5.74) is 0. The maximum atomic E-state index is 11.6. The van der Waals surface area contributed by atoms with E-state index in [0.29, 0.717) is 24.2 Å². The number of carbonyl (C=O) groups excluding carboxylic acids is 2. The van der Waals surface area contributed by atoms with Crippen LogP contribution in [0.15, 0.2) is 10.6 Å². The molecule has 124 valence electrons. The molecule has 1 unspecified atom stereocenters. The maximum Gasteiger partial charge on any atom is 0.235 e. The number of aryl methyl sites for hydroxylation is 1. The molecule has 0 spiro atoms. The second kappa shape index (κ2) is 9.70. The summed E-state index contributed by atoms with van der Waals surface area (Å²) in [5.74, 6) is 1.28. The maximum absolute atomic E-state index is 11.6. The largest absolute Gasteiger partial charge is 0.360 e. The van der Waals surface area contributed by atoms with Crippen LogP contribution < -0.4 is 16.0 Å². The molecule has 22 heavy (non-hydrogen) atoms. The number of hydrogen-bond donors (Lipinski definition) is 3. The Kier molecular flexibility index (Phi) is 8.29. The van der Waals surface area contributed by atoms with E-state index < -0.39 is 0 Å². The van der Waals surface area contributed by atoms with Crippen molar-refractivity contribution in [2.75, 3.05) is 29.9 Å². The van der Waals surface area contributed by atoms with Gasteiger partial charge in [-0.05, 0) is 26.3 Å². The summed E-state index contributed by atoms with van der Waals surface area (Å²) in [6.45, 7) is 3.43. The number of nitrogens with zero attached hydrogens (tertiary/aromatic N) is 1. The SMILES string of the molecule is Cc1cc(NC(=O)CSCC(=O)NCC2CCCN2)no1.Cl. The normalized spacial score (nSPS) is 16.9. The number of halogens is 1. The van der Waals surface area contributed by atoms with E-state index in [0.717, 1.165) is 19.4 Å². The zero-order valence-electron chi connectivity index (χ0n) is 12.4. The number of aromatic nitrogens is 1. The Morgan fingerprint density at radius 3 is 2.86 bits per heavy atom. The highest BCUT2D eigenvalue weighted by molar-refractivity contribution is 8.00. The average molecular weight is 349 g/mol. The van der Waals surface area contributed by atoms with Gasteiger partial charge in [-0.2, -0.15) is 0 Å². The number of anilines is 1. The highest BCUT2D eigenvalue weighted by Gasteiger charge is 2.14. The smallest absolute Gasteiger partial charge is 0.235 e. The molecule has 2 rings (SSSR count). The first-order valence-corrected chi connectivity index (χ1v) is 8.10. The number of rotatable bonds is 7. The minimum Gasteiger partial charge on any atom is -0.360 e. The first-order chi connectivity index (χ1) is 10.1. The third-order valence-electron chi connectivity index (χ3n) is 3.07. The van der Waals surface area contributed by atoms with Crippen molar-refractivity contribution in [3.05, 3.63) is 11.8 Å². The van der Waals surface area contributed by atoms with Crippen LogP contribution in [0.3, 0.4) is 0 Å². The van der Waals surface area contributed by atoms with Gasteiger partial charge in [-0.3, -0.25) is 9.59 Å². The van der Waals surface area contributed by atoms with E-state index in [2.05, 4.69) is 21.1 Å². The van der Waals surface area contributed by atoms with Gasteiger partial charge in [0, 0.05) is 18.7 Å². The average Bonchev–Trinajstić information content (AvgIpc) is 3.08. The van der Waals surface area contributed by atoms with Gasteiger partial charge in [-0.1, -0.05) is 5.16 Å². The Labute approximate surface area is 139 Å². The molecule has 2 amide bonds. The third kappa shape index (κ3) is 6.67. The molecule has 0 radical (unpaired) electrons. The fourth-order valence-electron chi connectivity index (χ4n) is 2.06. The molecule has 1 aliphatic heterocycles. The standard InChI is InChI=1S/C13H20N4O3S.ClH/c1-9-5-11(17-20-9)16-13(19)8-21-7-12(18)15-6-10-3-2-4-14-10;/h5,10,14H,2-4,6-8H2,1H3,(H,15,18)(H,16,17,19);1H. The van der Waals surface area contributed by atoms with Gasteiger partial charge in [-0.25, -0.2) is 0 Å². The predicted octanol–water partition coefficient (Wildman–Crippen LogP) is 0.945. The van der Waals surface area contributed by atoms with Crippen molar-refractivity contribution in [3.8, 4) is 0 Å². The van der Waals surface area contributed by atoms with Crippen LogP contribution in [0.2, 0.25) is 0 Å². The Morgan fingerprint density at radius 2 is 2.23 bits per heavy atom. The summed E-state index contributed by atoms with van der Waals surface area (Å²) in [5, 5.41) is 12.5. The van der Waals surface area contributed by atoms with Crippen LogP contribution in [0.1, 0.15) is 18.6 Å². The molecule has 0 aromatic carbocycles. The number of amides is 2. The van der Waals surface area contributed by atoms with Crippen molar-refractivity contribution < 1.29 is 14.1 Å². The lowest BCUT2D eigenvalue weighted by Crippen LogP contribution is -2.38. The Hall–Kier alpha value is -1.25. The minimum atomic E-state index is -0.196. The van der Waals surface area contributed by atoms with Crippen molar-refractivity contribution >= 4 is 41.8 Å². The summed E-state index contributed by atoms with van der Waals surface area (Å²) in [6.07, 6.45) is 2.27. The molecule has 2 heterocycles. The van der Waals surface area contributed by atoms with E-state index >= 15 is 0 Å². The molecule has 0 aliphatic carbocycles. The third-order valence-corrected chi connectivity index (χ3v) is 4.00. The zero-order valence-corrected chi connectivity index (χ0v) is 14.0. The molecular weight excluding hydrogens is 328 g/mol. The molecule has 1 aromatic rings. The van der Waals surface area contributed by atoms with Crippen LogP contribution in [-0.2, 0) is 9.59 Å². The zero-order chi connectivity index (χ0) is 15.1. The van der Waals surface area contributed by atoms with Gasteiger partial charge in [0.25, 0.3) is 0 Å². The molecule has 1 aliphatic rings. The van der Waals surface area contributed by atoms with Gasteiger partial charge < -0.3 is 20.5 Å². The summed E-state index contributed by atoms with van der Waals surface area (Å²) in [6, 6.07) is 2.03. The second-order valence-electron chi connectivity index (χ2n) is 4.96. The van der Waals surface area contributed by atoms with Crippen LogP contribution in [0, 0.1) is 6.92 Å². The molecule has 0 bridgehead atoms. The van der Waals surface area contributed by atoms with Crippen molar-refractivity contribution in [2.45, 2.75) is 25.8 Å². The molecule has 7 nitrogen and oxygen atoms in total. The molecule has 9 heteroatoms. The Morgan fingerprint density at radius 1 is 1.45 bits per heavy atom. The van der Waals surface area contributed by atoms with Crippen molar-refractivity contribution in [1.82, 2.24) is 15.8 Å².